The Hall–Kier alpha value is -2.45. The molecular weight excluding hydrogens is 347 g/mol. The molecule has 5 nitrogen and oxygen atoms in total. The van der Waals surface area contributed by atoms with E-state index < -0.39 is 0 Å². The fourth-order valence-corrected chi connectivity index (χ4v) is 2.11. The van der Waals surface area contributed by atoms with Gasteiger partial charge in [0.25, 0.3) is 0 Å². The van der Waals surface area contributed by atoms with Gasteiger partial charge in [-0.15, -0.1) is 0 Å². The van der Waals surface area contributed by atoms with Crippen molar-refractivity contribution in [3.8, 4) is 5.75 Å². The van der Waals surface area contributed by atoms with Gasteiger partial charge in [-0.2, -0.15) is 0 Å². The monoisotopic (exact) mass is 364 g/mol. The standard InChI is InChI=1S/C16H17FN4OS2/c1-2-22-14-9-7-13(8-10-14)19-16(24)21-20-15(23)18-12-5-3-11(17)4-6-12/h3-10H,2H2,1H3,(H2,18,20,23)(H2,19,21,24). The van der Waals surface area contributed by atoms with Crippen LogP contribution in [0, 0.1) is 5.82 Å². The van der Waals surface area contributed by atoms with Crippen molar-refractivity contribution in [3.63, 3.8) is 0 Å². The molecule has 0 aliphatic carbocycles. The molecule has 0 bridgehead atoms. The predicted octanol–water partition coefficient (Wildman–Crippen LogP) is 3.41. The first-order valence-corrected chi connectivity index (χ1v) is 8.01. The average Bonchev–Trinajstić information content (AvgIpc) is 2.57. The minimum atomic E-state index is -0.307. The topological polar surface area (TPSA) is 57.4 Å². The van der Waals surface area contributed by atoms with Gasteiger partial charge in [-0.3, -0.25) is 10.9 Å². The maximum atomic E-state index is 12.8. The Morgan fingerprint density at radius 1 is 0.875 bits per heavy atom. The van der Waals surface area contributed by atoms with Crippen molar-refractivity contribution in [2.75, 3.05) is 17.2 Å². The lowest BCUT2D eigenvalue weighted by molar-refractivity contribution is 0.340. The molecule has 2 aromatic rings. The van der Waals surface area contributed by atoms with Gasteiger partial charge in [-0.05, 0) is 79.9 Å². The molecule has 0 heterocycles. The Balaban J connectivity index is 1.75. The van der Waals surface area contributed by atoms with Crippen LogP contribution in [0.3, 0.4) is 0 Å². The van der Waals surface area contributed by atoms with Crippen molar-refractivity contribution < 1.29 is 9.13 Å². The van der Waals surface area contributed by atoms with Crippen LogP contribution in [-0.2, 0) is 0 Å². The Morgan fingerprint density at radius 2 is 1.33 bits per heavy atom. The van der Waals surface area contributed by atoms with Gasteiger partial charge in [0.15, 0.2) is 10.2 Å². The molecule has 0 fully saturated rings. The summed E-state index contributed by atoms with van der Waals surface area (Å²) in [5.41, 5.74) is 6.99. The van der Waals surface area contributed by atoms with E-state index in [0.717, 1.165) is 11.4 Å². The summed E-state index contributed by atoms with van der Waals surface area (Å²) in [6.07, 6.45) is 0. The molecule has 8 heteroatoms. The Labute approximate surface area is 150 Å². The molecule has 24 heavy (non-hydrogen) atoms. The molecule has 0 atom stereocenters. The van der Waals surface area contributed by atoms with Crippen LogP contribution in [0.1, 0.15) is 6.92 Å². The van der Waals surface area contributed by atoms with Gasteiger partial charge >= 0.3 is 0 Å². The number of hydrogen-bond donors (Lipinski definition) is 4. The molecule has 0 unspecified atom stereocenters. The highest BCUT2D eigenvalue weighted by molar-refractivity contribution is 7.81. The maximum absolute atomic E-state index is 12.8. The number of hydrogen-bond acceptors (Lipinski definition) is 3. The minimum Gasteiger partial charge on any atom is -0.494 e. The lowest BCUT2D eigenvalue weighted by Crippen LogP contribution is -2.45. The molecule has 0 aliphatic heterocycles. The van der Waals surface area contributed by atoms with E-state index in [1.807, 2.05) is 31.2 Å². The number of nitrogens with one attached hydrogen (secondary N) is 4. The van der Waals surface area contributed by atoms with Crippen LogP contribution in [0.5, 0.6) is 5.75 Å². The van der Waals surface area contributed by atoms with E-state index >= 15 is 0 Å². The average molecular weight is 364 g/mol. The van der Waals surface area contributed by atoms with Crippen molar-refractivity contribution in [3.05, 3.63) is 54.3 Å². The van der Waals surface area contributed by atoms with Gasteiger partial charge in [-0.25, -0.2) is 4.39 Å². The minimum absolute atomic E-state index is 0.303. The number of benzene rings is 2. The molecule has 0 aromatic heterocycles. The molecule has 0 saturated heterocycles. The zero-order chi connectivity index (χ0) is 17.4. The van der Waals surface area contributed by atoms with E-state index in [4.69, 9.17) is 29.2 Å². The van der Waals surface area contributed by atoms with E-state index in [1.165, 1.54) is 12.1 Å². The smallest absolute Gasteiger partial charge is 0.189 e. The molecule has 2 aromatic carbocycles. The first-order chi connectivity index (χ1) is 11.6. The summed E-state index contributed by atoms with van der Waals surface area (Å²) >= 11 is 10.3. The summed E-state index contributed by atoms with van der Waals surface area (Å²) in [6, 6.07) is 13.3. The highest BCUT2D eigenvalue weighted by atomic mass is 32.1. The Kier molecular flexibility index (Phi) is 6.71. The largest absolute Gasteiger partial charge is 0.494 e. The second-order valence-electron chi connectivity index (χ2n) is 4.62. The van der Waals surface area contributed by atoms with Gasteiger partial charge in [0, 0.05) is 11.4 Å². The van der Waals surface area contributed by atoms with Gasteiger partial charge in [0.2, 0.25) is 0 Å². The van der Waals surface area contributed by atoms with E-state index in [-0.39, 0.29) is 5.82 Å². The SMILES string of the molecule is CCOc1ccc(NC(=S)NNC(=S)Nc2ccc(F)cc2)cc1. The van der Waals surface area contributed by atoms with Crippen LogP contribution in [0.25, 0.3) is 0 Å². The van der Waals surface area contributed by atoms with Crippen LogP contribution in [0.15, 0.2) is 48.5 Å². The zero-order valence-electron chi connectivity index (χ0n) is 12.9. The summed E-state index contributed by atoms with van der Waals surface area (Å²) in [7, 11) is 0. The van der Waals surface area contributed by atoms with Crippen molar-refractivity contribution in [1.29, 1.82) is 0 Å². The van der Waals surface area contributed by atoms with Crippen molar-refractivity contribution >= 4 is 46.0 Å². The number of thiocarbonyl (C=S) groups is 2. The fourth-order valence-electron chi connectivity index (χ4n) is 1.77. The van der Waals surface area contributed by atoms with Crippen LogP contribution in [0.2, 0.25) is 0 Å². The normalized spacial score (nSPS) is 9.75. The molecule has 126 valence electrons. The van der Waals surface area contributed by atoms with Gasteiger partial charge in [0.05, 0.1) is 6.61 Å². The second kappa shape index (κ2) is 8.99. The summed E-state index contributed by atoms with van der Waals surface area (Å²) < 4.78 is 18.2. The van der Waals surface area contributed by atoms with E-state index in [2.05, 4.69) is 21.5 Å². The Bertz CT molecular complexity index is 692. The summed E-state index contributed by atoms with van der Waals surface area (Å²) in [4.78, 5) is 0. The van der Waals surface area contributed by atoms with E-state index in [9.17, 15) is 4.39 Å². The third-order valence-corrected chi connectivity index (χ3v) is 3.22. The number of hydrazine groups is 1. The third kappa shape index (κ3) is 5.98. The van der Waals surface area contributed by atoms with Crippen molar-refractivity contribution in [1.82, 2.24) is 10.9 Å². The second-order valence-corrected chi connectivity index (χ2v) is 5.44. The molecule has 0 radical (unpaired) electrons. The van der Waals surface area contributed by atoms with E-state index in [1.54, 1.807) is 12.1 Å². The first-order valence-electron chi connectivity index (χ1n) is 7.19. The van der Waals surface area contributed by atoms with Crippen LogP contribution < -0.4 is 26.2 Å². The fraction of sp³-hybridized carbons (Fsp3) is 0.125. The molecular formula is C16H17FN4OS2. The quantitative estimate of drug-likeness (QED) is 0.490. The summed E-state index contributed by atoms with van der Waals surface area (Å²) in [5, 5.41) is 6.55. The number of halogens is 1. The highest BCUT2D eigenvalue weighted by Crippen LogP contribution is 2.15. The maximum Gasteiger partial charge on any atom is 0.189 e. The van der Waals surface area contributed by atoms with Gasteiger partial charge < -0.3 is 15.4 Å². The summed E-state index contributed by atoms with van der Waals surface area (Å²) in [6.45, 7) is 2.55. The molecule has 0 aliphatic rings. The highest BCUT2D eigenvalue weighted by Gasteiger charge is 2.01. The van der Waals surface area contributed by atoms with Crippen LogP contribution in [0.4, 0.5) is 15.8 Å². The number of ether oxygens (including phenoxy) is 1. The van der Waals surface area contributed by atoms with Gasteiger partial charge in [0.1, 0.15) is 11.6 Å². The van der Waals surface area contributed by atoms with Gasteiger partial charge in [-0.1, -0.05) is 0 Å². The molecule has 0 saturated carbocycles. The zero-order valence-corrected chi connectivity index (χ0v) is 14.6. The van der Waals surface area contributed by atoms with E-state index in [0.29, 0.717) is 22.5 Å². The van der Waals surface area contributed by atoms with Crippen molar-refractivity contribution in [2.24, 2.45) is 0 Å². The number of rotatable bonds is 4. The van der Waals surface area contributed by atoms with Crippen LogP contribution >= 0.6 is 24.4 Å². The first kappa shape index (κ1) is 17.9. The molecule has 4 N–H and O–H groups in total. The lowest BCUT2D eigenvalue weighted by atomic mass is 10.3. The summed E-state index contributed by atoms with van der Waals surface area (Å²) in [5.74, 6) is 0.489. The predicted molar refractivity (Wildman–Crippen MR) is 103 cm³/mol. The molecule has 0 spiro atoms. The molecule has 2 rings (SSSR count). The lowest BCUT2D eigenvalue weighted by Gasteiger charge is -2.14. The van der Waals surface area contributed by atoms with Crippen molar-refractivity contribution in [2.45, 2.75) is 6.92 Å². The Morgan fingerprint density at radius 3 is 1.79 bits per heavy atom. The third-order valence-electron chi connectivity index (χ3n) is 2.81. The molecule has 0 amide bonds. The number of anilines is 2. The van der Waals surface area contributed by atoms with Crippen LogP contribution in [-0.4, -0.2) is 16.8 Å².